The maximum Gasteiger partial charge on any atom is 0.209 e. The molecule has 4 nitrogen and oxygen atoms in total. The first-order valence-electron chi connectivity index (χ1n) is 6.19. The van der Waals surface area contributed by atoms with Gasteiger partial charge in [0.05, 0.1) is 0 Å². The second-order valence-corrected chi connectivity index (χ2v) is 5.18. The summed E-state index contributed by atoms with van der Waals surface area (Å²) in [5.41, 5.74) is 4.09. The van der Waals surface area contributed by atoms with Crippen molar-refractivity contribution in [1.29, 1.82) is 0 Å². The fraction of sp³-hybridized carbons (Fsp3) is 0.133. The Morgan fingerprint density at radius 2 is 2.00 bits per heavy atom. The van der Waals surface area contributed by atoms with E-state index in [-0.39, 0.29) is 0 Å². The van der Waals surface area contributed by atoms with Crippen molar-refractivity contribution < 1.29 is 0 Å². The van der Waals surface area contributed by atoms with E-state index < -0.39 is 0 Å². The second kappa shape index (κ2) is 4.72. The molecule has 1 aromatic carbocycles. The first-order valence-corrected chi connectivity index (χ1v) is 6.56. The van der Waals surface area contributed by atoms with E-state index >= 15 is 0 Å². The summed E-state index contributed by atoms with van der Waals surface area (Å²) in [5, 5.41) is 3.83. The highest BCUT2D eigenvalue weighted by atomic mass is 35.5. The van der Waals surface area contributed by atoms with Crippen molar-refractivity contribution in [2.45, 2.75) is 13.8 Å². The van der Waals surface area contributed by atoms with Crippen LogP contribution in [0.3, 0.4) is 0 Å². The van der Waals surface area contributed by atoms with Crippen LogP contribution >= 0.6 is 11.6 Å². The highest BCUT2D eigenvalue weighted by Crippen LogP contribution is 2.32. The zero-order chi connectivity index (χ0) is 14.3. The Morgan fingerprint density at radius 3 is 2.70 bits per heavy atom. The second-order valence-electron chi connectivity index (χ2n) is 4.77. The van der Waals surface area contributed by atoms with Gasteiger partial charge in [0.25, 0.3) is 0 Å². The molecule has 100 valence electrons. The maximum absolute atomic E-state index is 11.2. The van der Waals surface area contributed by atoms with Gasteiger partial charge in [-0.05, 0) is 48.4 Å². The SMILES string of the molecule is Cc1ccc2nc(-c3ccc(Cl)c(C)c3)c(N=O)n2c1. The Morgan fingerprint density at radius 1 is 1.20 bits per heavy atom. The van der Waals surface area contributed by atoms with Crippen LogP contribution in [0.5, 0.6) is 0 Å². The summed E-state index contributed by atoms with van der Waals surface area (Å²) in [7, 11) is 0. The molecule has 0 atom stereocenters. The molecule has 3 aromatic rings. The van der Waals surface area contributed by atoms with E-state index in [1.807, 2.05) is 44.3 Å². The third-order valence-electron chi connectivity index (χ3n) is 3.26. The number of hydrogen-bond acceptors (Lipinski definition) is 3. The molecule has 5 heteroatoms. The van der Waals surface area contributed by atoms with Gasteiger partial charge in [0.2, 0.25) is 5.82 Å². The normalized spacial score (nSPS) is 10.9. The minimum atomic E-state index is 0.311. The molecule has 0 aliphatic heterocycles. The molecule has 0 aliphatic rings. The lowest BCUT2D eigenvalue weighted by Gasteiger charge is -2.01. The number of nitrogens with zero attached hydrogens (tertiary/aromatic N) is 3. The molecule has 0 spiro atoms. The number of aromatic nitrogens is 2. The van der Waals surface area contributed by atoms with Gasteiger partial charge in [-0.1, -0.05) is 23.7 Å². The lowest BCUT2D eigenvalue weighted by Crippen LogP contribution is -1.84. The summed E-state index contributed by atoms with van der Waals surface area (Å²) in [6, 6.07) is 9.38. The van der Waals surface area contributed by atoms with Crippen molar-refractivity contribution in [3.05, 3.63) is 57.6 Å². The fourth-order valence-electron chi connectivity index (χ4n) is 2.21. The van der Waals surface area contributed by atoms with Crippen LogP contribution in [0.4, 0.5) is 5.82 Å². The Bertz CT molecular complexity index is 823. The van der Waals surface area contributed by atoms with Crippen LogP contribution < -0.4 is 0 Å². The molecule has 3 rings (SSSR count). The van der Waals surface area contributed by atoms with Crippen LogP contribution in [-0.4, -0.2) is 9.38 Å². The number of pyridine rings is 1. The molecule has 0 radical (unpaired) electrons. The summed E-state index contributed by atoms with van der Waals surface area (Å²) in [6.45, 7) is 3.87. The highest BCUT2D eigenvalue weighted by molar-refractivity contribution is 6.31. The first-order chi connectivity index (χ1) is 9.60. The highest BCUT2D eigenvalue weighted by Gasteiger charge is 2.15. The molecule has 0 N–H and O–H groups in total. The summed E-state index contributed by atoms with van der Waals surface area (Å²) < 4.78 is 1.71. The summed E-state index contributed by atoms with van der Waals surface area (Å²) in [5.74, 6) is 0.311. The van der Waals surface area contributed by atoms with Gasteiger partial charge < -0.3 is 0 Å². The topological polar surface area (TPSA) is 46.7 Å². The number of imidazole rings is 1. The van der Waals surface area contributed by atoms with Crippen LogP contribution in [-0.2, 0) is 0 Å². The standard InChI is InChI=1S/C15H12ClN3O/c1-9-3-6-13-17-14(15(18-20)19(13)8-9)11-4-5-12(16)10(2)7-11/h3-8H,1-2H3. The largest absolute Gasteiger partial charge is 0.281 e. The van der Waals surface area contributed by atoms with Gasteiger partial charge >= 0.3 is 0 Å². The number of rotatable bonds is 2. The fourth-order valence-corrected chi connectivity index (χ4v) is 2.33. The summed E-state index contributed by atoms with van der Waals surface area (Å²) in [6.07, 6.45) is 1.85. The molecule has 2 aromatic heterocycles. The molecule has 0 aliphatic carbocycles. The van der Waals surface area contributed by atoms with E-state index in [0.29, 0.717) is 22.2 Å². The minimum absolute atomic E-state index is 0.311. The molecule has 0 saturated carbocycles. The predicted molar refractivity (Wildman–Crippen MR) is 80.6 cm³/mol. The van der Waals surface area contributed by atoms with Crippen molar-refractivity contribution >= 4 is 23.1 Å². The van der Waals surface area contributed by atoms with E-state index in [1.165, 1.54) is 0 Å². The van der Waals surface area contributed by atoms with E-state index in [4.69, 9.17) is 11.6 Å². The van der Waals surface area contributed by atoms with Gasteiger partial charge in [-0.15, -0.1) is 4.91 Å². The zero-order valence-corrected chi connectivity index (χ0v) is 11.8. The number of fused-ring (bicyclic) bond motifs is 1. The zero-order valence-electron chi connectivity index (χ0n) is 11.1. The van der Waals surface area contributed by atoms with Crippen molar-refractivity contribution in [2.75, 3.05) is 0 Å². The molecule has 0 saturated heterocycles. The Hall–Kier alpha value is -2.20. The van der Waals surface area contributed by atoms with Gasteiger partial charge in [-0.3, -0.25) is 4.40 Å². The third kappa shape index (κ3) is 1.98. The van der Waals surface area contributed by atoms with E-state index in [0.717, 1.165) is 16.7 Å². The molecule has 0 fully saturated rings. The quantitative estimate of drug-likeness (QED) is 0.642. The number of benzene rings is 1. The molecular weight excluding hydrogens is 274 g/mol. The molecule has 0 unspecified atom stereocenters. The van der Waals surface area contributed by atoms with E-state index in [1.54, 1.807) is 10.5 Å². The number of aryl methyl sites for hydroxylation is 2. The molecule has 0 amide bonds. The Balaban J connectivity index is 2.30. The van der Waals surface area contributed by atoms with Crippen molar-refractivity contribution in [3.8, 4) is 11.3 Å². The molecular formula is C15H12ClN3O. The predicted octanol–water partition coefficient (Wildman–Crippen LogP) is 4.67. The molecule has 20 heavy (non-hydrogen) atoms. The van der Waals surface area contributed by atoms with Gasteiger partial charge in [-0.2, -0.15) is 0 Å². The maximum atomic E-state index is 11.2. The van der Waals surface area contributed by atoms with E-state index in [2.05, 4.69) is 10.2 Å². The smallest absolute Gasteiger partial charge is 0.209 e. The molecule has 0 bridgehead atoms. The lowest BCUT2D eigenvalue weighted by molar-refractivity contribution is 1.14. The average molecular weight is 286 g/mol. The Labute approximate surface area is 121 Å². The van der Waals surface area contributed by atoms with Crippen molar-refractivity contribution in [1.82, 2.24) is 9.38 Å². The molecule has 2 heterocycles. The van der Waals surface area contributed by atoms with Gasteiger partial charge in [0.15, 0.2) is 0 Å². The van der Waals surface area contributed by atoms with Crippen LogP contribution in [0.25, 0.3) is 16.9 Å². The van der Waals surface area contributed by atoms with Gasteiger partial charge in [0, 0.05) is 16.8 Å². The van der Waals surface area contributed by atoms with Crippen molar-refractivity contribution in [3.63, 3.8) is 0 Å². The number of hydrogen-bond donors (Lipinski definition) is 0. The number of nitroso groups, excluding NO2 is 1. The lowest BCUT2D eigenvalue weighted by atomic mass is 10.1. The van der Waals surface area contributed by atoms with Crippen LogP contribution in [0.2, 0.25) is 5.02 Å². The van der Waals surface area contributed by atoms with Gasteiger partial charge in [0.1, 0.15) is 11.3 Å². The third-order valence-corrected chi connectivity index (χ3v) is 3.68. The Kier molecular flexibility index (Phi) is 3.03. The monoisotopic (exact) mass is 285 g/mol. The van der Waals surface area contributed by atoms with E-state index in [9.17, 15) is 4.91 Å². The van der Waals surface area contributed by atoms with Crippen molar-refractivity contribution in [2.24, 2.45) is 5.18 Å². The van der Waals surface area contributed by atoms with Crippen LogP contribution in [0, 0.1) is 18.8 Å². The summed E-state index contributed by atoms with van der Waals surface area (Å²) in [4.78, 5) is 15.7. The van der Waals surface area contributed by atoms with Crippen LogP contribution in [0.1, 0.15) is 11.1 Å². The van der Waals surface area contributed by atoms with Gasteiger partial charge in [-0.25, -0.2) is 4.98 Å². The first kappa shape index (κ1) is 12.8. The minimum Gasteiger partial charge on any atom is -0.281 e. The summed E-state index contributed by atoms with van der Waals surface area (Å²) >= 11 is 6.03. The number of halogens is 1. The average Bonchev–Trinajstić information content (AvgIpc) is 2.79. The van der Waals surface area contributed by atoms with Crippen LogP contribution in [0.15, 0.2) is 41.7 Å².